The minimum Gasteiger partial charge on any atom is -0.392 e. The molecule has 1 aromatic rings. The number of benzene rings is 1. The number of rotatable bonds is 4. The van der Waals surface area contributed by atoms with Gasteiger partial charge < -0.3 is 10.2 Å². The highest BCUT2D eigenvalue weighted by Crippen LogP contribution is 2.28. The summed E-state index contributed by atoms with van der Waals surface area (Å²) in [7, 11) is -1.60. The molecule has 3 heteroatoms. The van der Waals surface area contributed by atoms with Crippen molar-refractivity contribution in [2.45, 2.75) is 25.7 Å². The summed E-state index contributed by atoms with van der Waals surface area (Å²) in [6, 6.07) is 9.59. The molecule has 2 nitrogen and oxygen atoms in total. The largest absolute Gasteiger partial charge is 0.392 e. The third-order valence-corrected chi connectivity index (χ3v) is 4.80. The van der Waals surface area contributed by atoms with Crippen molar-refractivity contribution in [1.29, 1.82) is 0 Å². The van der Waals surface area contributed by atoms with Crippen LogP contribution in [0.3, 0.4) is 0 Å². The van der Waals surface area contributed by atoms with Crippen molar-refractivity contribution in [3.63, 3.8) is 0 Å². The Morgan fingerprint density at radius 1 is 1.25 bits per heavy atom. The molecule has 1 rings (SSSR count). The van der Waals surface area contributed by atoms with Crippen molar-refractivity contribution in [1.82, 2.24) is 0 Å². The topological polar surface area (TPSA) is 40.5 Å². The number of hydrogen-bond donors (Lipinski definition) is 2. The number of aliphatic hydroxyl groups is 2. The van der Waals surface area contributed by atoms with Crippen LogP contribution in [0, 0.1) is 0 Å². The molecule has 0 saturated heterocycles. The monoisotopic (exact) mass is 236 g/mol. The van der Waals surface area contributed by atoms with Gasteiger partial charge in [0.1, 0.15) is 0 Å². The quantitative estimate of drug-likeness (QED) is 0.789. The van der Waals surface area contributed by atoms with Gasteiger partial charge in [-0.15, -0.1) is 0 Å². The smallest absolute Gasteiger partial charge is 0.0967 e. The van der Waals surface area contributed by atoms with Gasteiger partial charge in [0.2, 0.25) is 0 Å². The van der Waals surface area contributed by atoms with Gasteiger partial charge in [0.15, 0.2) is 0 Å². The molecule has 0 aliphatic rings. The van der Waals surface area contributed by atoms with Crippen molar-refractivity contribution < 1.29 is 10.2 Å². The molecule has 88 valence electrons. The average Bonchev–Trinajstić information content (AvgIpc) is 2.25. The van der Waals surface area contributed by atoms with Crippen LogP contribution in [0.25, 0.3) is 0 Å². The van der Waals surface area contributed by atoms with Crippen LogP contribution in [0.5, 0.6) is 0 Å². The van der Waals surface area contributed by atoms with E-state index in [1.165, 1.54) is 0 Å². The maximum Gasteiger partial charge on any atom is 0.0967 e. The third kappa shape index (κ3) is 3.30. The normalized spacial score (nSPS) is 14.9. The first-order chi connectivity index (χ1) is 7.46. The van der Waals surface area contributed by atoms with Crippen molar-refractivity contribution in [3.8, 4) is 0 Å². The summed E-state index contributed by atoms with van der Waals surface area (Å²) in [5.41, 5.74) is 0.893. The molecule has 0 saturated carbocycles. The Balaban J connectivity index is 3.02. The maximum absolute atomic E-state index is 10.3. The fourth-order valence-corrected chi connectivity index (χ4v) is 3.43. The standard InChI is InChI=1S/C13H20O2Si/c1-16(2,3)12(9-10-14)13(15)11-7-5-4-6-8-11/h4-9,13-15H,10H2,1-3H3. The predicted octanol–water partition coefficient (Wildman–Crippen LogP) is 2.52. The van der Waals surface area contributed by atoms with Crippen molar-refractivity contribution in [2.75, 3.05) is 6.61 Å². The predicted molar refractivity (Wildman–Crippen MR) is 69.9 cm³/mol. The van der Waals surface area contributed by atoms with Gasteiger partial charge in [-0.05, 0) is 5.56 Å². The molecule has 16 heavy (non-hydrogen) atoms. The van der Waals surface area contributed by atoms with Gasteiger partial charge in [-0.2, -0.15) is 0 Å². The van der Waals surface area contributed by atoms with E-state index in [2.05, 4.69) is 19.6 Å². The zero-order valence-electron chi connectivity index (χ0n) is 10.1. The van der Waals surface area contributed by atoms with E-state index in [1.807, 2.05) is 30.3 Å². The number of aliphatic hydroxyl groups excluding tert-OH is 2. The summed E-state index contributed by atoms with van der Waals surface area (Å²) >= 11 is 0. The van der Waals surface area contributed by atoms with Gasteiger partial charge in [-0.25, -0.2) is 0 Å². The Morgan fingerprint density at radius 2 is 1.81 bits per heavy atom. The Kier molecular flexibility index (Phi) is 4.47. The lowest BCUT2D eigenvalue weighted by Crippen LogP contribution is -2.28. The van der Waals surface area contributed by atoms with E-state index < -0.39 is 14.2 Å². The molecule has 0 aliphatic heterocycles. The SMILES string of the molecule is C[Si](C)(C)C(=CCO)C(O)c1ccccc1. The van der Waals surface area contributed by atoms with E-state index in [-0.39, 0.29) is 6.61 Å². The fourth-order valence-electron chi connectivity index (χ4n) is 1.74. The lowest BCUT2D eigenvalue weighted by molar-refractivity contribution is 0.220. The molecular formula is C13H20O2Si. The average molecular weight is 236 g/mol. The molecule has 0 spiro atoms. The molecule has 0 fully saturated rings. The maximum atomic E-state index is 10.3. The van der Waals surface area contributed by atoms with Gasteiger partial charge in [-0.3, -0.25) is 0 Å². The molecule has 0 aromatic heterocycles. The molecule has 1 atom stereocenters. The Morgan fingerprint density at radius 3 is 2.25 bits per heavy atom. The highest BCUT2D eigenvalue weighted by Gasteiger charge is 2.26. The molecule has 0 bridgehead atoms. The van der Waals surface area contributed by atoms with E-state index in [0.717, 1.165) is 10.8 Å². The third-order valence-electron chi connectivity index (χ3n) is 2.59. The molecule has 1 unspecified atom stereocenters. The van der Waals surface area contributed by atoms with Crippen LogP contribution in [0.1, 0.15) is 11.7 Å². The summed E-state index contributed by atoms with van der Waals surface area (Å²) < 4.78 is 0. The minimum absolute atomic E-state index is 0.0104. The van der Waals surface area contributed by atoms with Gasteiger partial charge in [0.05, 0.1) is 20.8 Å². The Hall–Kier alpha value is -0.903. The molecule has 0 radical (unpaired) electrons. The van der Waals surface area contributed by atoms with E-state index in [1.54, 1.807) is 6.08 Å². The molecule has 0 heterocycles. The van der Waals surface area contributed by atoms with Crippen LogP contribution in [0.15, 0.2) is 41.6 Å². The number of hydrogen-bond acceptors (Lipinski definition) is 2. The fraction of sp³-hybridized carbons (Fsp3) is 0.385. The van der Waals surface area contributed by atoms with E-state index in [9.17, 15) is 5.11 Å². The second-order valence-corrected chi connectivity index (χ2v) is 9.98. The van der Waals surface area contributed by atoms with Crippen LogP contribution in [-0.4, -0.2) is 24.9 Å². The molecule has 1 aromatic carbocycles. The molecule has 2 N–H and O–H groups in total. The molecule has 0 aliphatic carbocycles. The second-order valence-electron chi connectivity index (χ2n) is 4.91. The second kappa shape index (κ2) is 5.43. The van der Waals surface area contributed by atoms with Crippen LogP contribution in [-0.2, 0) is 0 Å². The van der Waals surface area contributed by atoms with Crippen LogP contribution in [0.2, 0.25) is 19.6 Å². The zero-order valence-corrected chi connectivity index (χ0v) is 11.1. The zero-order chi connectivity index (χ0) is 12.2. The first-order valence-electron chi connectivity index (χ1n) is 5.51. The van der Waals surface area contributed by atoms with Gasteiger partial charge >= 0.3 is 0 Å². The first-order valence-corrected chi connectivity index (χ1v) is 9.01. The van der Waals surface area contributed by atoms with Gasteiger partial charge in [0, 0.05) is 0 Å². The van der Waals surface area contributed by atoms with Crippen LogP contribution < -0.4 is 0 Å². The van der Waals surface area contributed by atoms with Gasteiger partial charge in [0.25, 0.3) is 0 Å². The minimum atomic E-state index is -1.60. The summed E-state index contributed by atoms with van der Waals surface area (Å²) in [6.07, 6.45) is 1.17. The summed E-state index contributed by atoms with van der Waals surface area (Å²) in [6.45, 7) is 6.49. The lowest BCUT2D eigenvalue weighted by Gasteiger charge is -2.26. The van der Waals surface area contributed by atoms with Gasteiger partial charge in [-0.1, -0.05) is 61.2 Å². The lowest BCUT2D eigenvalue weighted by atomic mass is 10.1. The Labute approximate surface area is 98.3 Å². The Bertz CT molecular complexity index is 352. The molecular weight excluding hydrogens is 216 g/mol. The molecule has 0 amide bonds. The highest BCUT2D eigenvalue weighted by atomic mass is 28.3. The van der Waals surface area contributed by atoms with Crippen LogP contribution >= 0.6 is 0 Å². The van der Waals surface area contributed by atoms with Crippen molar-refractivity contribution >= 4 is 8.07 Å². The van der Waals surface area contributed by atoms with Crippen molar-refractivity contribution in [2.24, 2.45) is 0 Å². The summed E-state index contributed by atoms with van der Waals surface area (Å²) in [5, 5.41) is 20.3. The van der Waals surface area contributed by atoms with E-state index in [4.69, 9.17) is 5.11 Å². The summed E-state index contributed by atoms with van der Waals surface area (Å²) in [4.78, 5) is 0. The van der Waals surface area contributed by atoms with Crippen molar-refractivity contribution in [3.05, 3.63) is 47.2 Å². The van der Waals surface area contributed by atoms with E-state index in [0.29, 0.717) is 0 Å². The van der Waals surface area contributed by atoms with E-state index >= 15 is 0 Å². The summed E-state index contributed by atoms with van der Waals surface area (Å²) in [5.74, 6) is 0. The first kappa shape index (κ1) is 13.2. The highest BCUT2D eigenvalue weighted by molar-refractivity contribution is 6.83. The van der Waals surface area contributed by atoms with Crippen LogP contribution in [0.4, 0.5) is 0 Å².